The summed E-state index contributed by atoms with van der Waals surface area (Å²) in [7, 11) is 1.50. The van der Waals surface area contributed by atoms with Crippen molar-refractivity contribution in [3.8, 4) is 5.75 Å². The Bertz CT molecular complexity index is 746. The number of carbonyl (C=O) groups is 1. The molecule has 0 unspecified atom stereocenters. The molecule has 6 nitrogen and oxygen atoms in total. The summed E-state index contributed by atoms with van der Waals surface area (Å²) >= 11 is 5.94. The molecule has 7 heteroatoms. The van der Waals surface area contributed by atoms with E-state index in [0.717, 1.165) is 11.6 Å². The lowest BCUT2D eigenvalue weighted by atomic mass is 10.1. The molecule has 0 atom stereocenters. The number of hydrogen-bond acceptors (Lipinski definition) is 4. The van der Waals surface area contributed by atoms with Crippen LogP contribution in [0.4, 0.5) is 11.4 Å². The van der Waals surface area contributed by atoms with Crippen LogP contribution in [0, 0.1) is 17.0 Å². The number of rotatable bonds is 4. The van der Waals surface area contributed by atoms with Gasteiger partial charge in [-0.05, 0) is 30.7 Å². The molecule has 0 bridgehead atoms. The molecule has 22 heavy (non-hydrogen) atoms. The molecule has 0 fully saturated rings. The van der Waals surface area contributed by atoms with Crippen LogP contribution in [0.1, 0.15) is 15.9 Å². The van der Waals surface area contributed by atoms with Gasteiger partial charge >= 0.3 is 0 Å². The van der Waals surface area contributed by atoms with Crippen LogP contribution in [0.15, 0.2) is 36.4 Å². The molecule has 0 aromatic heterocycles. The number of benzene rings is 2. The molecule has 2 rings (SSSR count). The number of anilines is 1. The molecule has 1 amide bonds. The number of carbonyl (C=O) groups excluding carboxylic acids is 1. The molecule has 0 saturated heterocycles. The van der Waals surface area contributed by atoms with Gasteiger partial charge in [-0.15, -0.1) is 0 Å². The Morgan fingerprint density at radius 1 is 1.27 bits per heavy atom. The number of nitrogens with one attached hydrogen (secondary N) is 1. The van der Waals surface area contributed by atoms with Crippen molar-refractivity contribution in [1.29, 1.82) is 0 Å². The lowest BCUT2D eigenvalue weighted by molar-refractivity contribution is -0.384. The fraction of sp³-hybridized carbons (Fsp3) is 0.133. The van der Waals surface area contributed by atoms with Gasteiger partial charge in [0.25, 0.3) is 11.6 Å². The summed E-state index contributed by atoms with van der Waals surface area (Å²) in [6, 6.07) is 9.04. The highest BCUT2D eigenvalue weighted by Gasteiger charge is 2.16. The lowest BCUT2D eigenvalue weighted by Crippen LogP contribution is -2.13. The maximum Gasteiger partial charge on any atom is 0.270 e. The number of amides is 1. The molecule has 0 aliphatic carbocycles. The van der Waals surface area contributed by atoms with E-state index in [9.17, 15) is 14.9 Å². The quantitative estimate of drug-likeness (QED) is 0.686. The standard InChI is InChI=1S/C15H13ClN2O4/c1-9-3-6-14(22-2)13(7-9)17-15(19)11-5-4-10(18(20)21)8-12(11)16/h3-8H,1-2H3,(H,17,19). The van der Waals surface area contributed by atoms with E-state index in [4.69, 9.17) is 16.3 Å². The average molecular weight is 321 g/mol. The van der Waals surface area contributed by atoms with Crippen molar-refractivity contribution in [3.63, 3.8) is 0 Å². The zero-order valence-corrected chi connectivity index (χ0v) is 12.7. The van der Waals surface area contributed by atoms with E-state index in [2.05, 4.69) is 5.32 Å². The number of aryl methyl sites for hydroxylation is 1. The van der Waals surface area contributed by atoms with Crippen LogP contribution in [-0.2, 0) is 0 Å². The highest BCUT2D eigenvalue weighted by molar-refractivity contribution is 6.34. The first-order valence-corrected chi connectivity index (χ1v) is 6.70. The van der Waals surface area contributed by atoms with Gasteiger partial charge in [-0.3, -0.25) is 14.9 Å². The summed E-state index contributed by atoms with van der Waals surface area (Å²) < 4.78 is 5.18. The van der Waals surface area contributed by atoms with Crippen LogP contribution in [0.2, 0.25) is 5.02 Å². The predicted octanol–water partition coefficient (Wildman–Crippen LogP) is 3.82. The fourth-order valence-electron chi connectivity index (χ4n) is 1.91. The second-order valence-corrected chi connectivity index (χ2v) is 4.99. The molecule has 0 saturated carbocycles. The maximum absolute atomic E-state index is 12.3. The number of hydrogen-bond donors (Lipinski definition) is 1. The van der Waals surface area contributed by atoms with Crippen LogP contribution in [0.3, 0.4) is 0 Å². The van der Waals surface area contributed by atoms with Gasteiger partial charge in [0.1, 0.15) is 5.75 Å². The molecule has 114 valence electrons. The van der Waals surface area contributed by atoms with E-state index in [-0.39, 0.29) is 16.3 Å². The average Bonchev–Trinajstić information content (AvgIpc) is 2.47. The highest BCUT2D eigenvalue weighted by atomic mass is 35.5. The number of nitro groups is 1. The summed E-state index contributed by atoms with van der Waals surface area (Å²) in [6.45, 7) is 1.88. The Balaban J connectivity index is 2.30. The Kier molecular flexibility index (Phi) is 4.62. The lowest BCUT2D eigenvalue weighted by Gasteiger charge is -2.11. The highest BCUT2D eigenvalue weighted by Crippen LogP contribution is 2.28. The van der Waals surface area contributed by atoms with E-state index in [1.165, 1.54) is 19.2 Å². The maximum atomic E-state index is 12.3. The normalized spacial score (nSPS) is 10.1. The van der Waals surface area contributed by atoms with Crippen molar-refractivity contribution in [3.05, 3.63) is 62.7 Å². The monoisotopic (exact) mass is 320 g/mol. The molecule has 0 aliphatic heterocycles. The Morgan fingerprint density at radius 3 is 2.59 bits per heavy atom. The summed E-state index contributed by atoms with van der Waals surface area (Å²) in [5.41, 5.74) is 1.43. The molecule has 0 spiro atoms. The van der Waals surface area contributed by atoms with E-state index >= 15 is 0 Å². The zero-order valence-electron chi connectivity index (χ0n) is 11.9. The van der Waals surface area contributed by atoms with Crippen molar-refractivity contribution in [1.82, 2.24) is 0 Å². The number of halogens is 1. The molecule has 0 heterocycles. The van der Waals surface area contributed by atoms with Gasteiger partial charge in [-0.2, -0.15) is 0 Å². The summed E-state index contributed by atoms with van der Waals surface area (Å²) in [4.78, 5) is 22.4. The third kappa shape index (κ3) is 3.35. The van der Waals surface area contributed by atoms with E-state index in [0.29, 0.717) is 11.4 Å². The van der Waals surface area contributed by atoms with Gasteiger partial charge in [0, 0.05) is 12.1 Å². The van der Waals surface area contributed by atoms with Gasteiger partial charge in [0.05, 0.1) is 28.3 Å². The van der Waals surface area contributed by atoms with Crippen molar-refractivity contribution >= 4 is 28.9 Å². The molecular formula is C15H13ClN2O4. The van der Waals surface area contributed by atoms with Crippen molar-refractivity contribution < 1.29 is 14.5 Å². The molecule has 2 aromatic carbocycles. The second kappa shape index (κ2) is 6.44. The van der Waals surface area contributed by atoms with E-state index in [1.54, 1.807) is 12.1 Å². The van der Waals surface area contributed by atoms with Crippen LogP contribution >= 0.6 is 11.6 Å². The van der Waals surface area contributed by atoms with Gasteiger partial charge in [-0.1, -0.05) is 17.7 Å². The largest absolute Gasteiger partial charge is 0.495 e. The minimum atomic E-state index is -0.572. The molecule has 0 aliphatic rings. The van der Waals surface area contributed by atoms with E-state index < -0.39 is 10.8 Å². The van der Waals surface area contributed by atoms with Crippen LogP contribution in [0.25, 0.3) is 0 Å². The van der Waals surface area contributed by atoms with Gasteiger partial charge < -0.3 is 10.1 Å². The number of non-ortho nitro benzene ring substituents is 1. The first-order chi connectivity index (χ1) is 10.4. The minimum Gasteiger partial charge on any atom is -0.495 e. The summed E-state index contributed by atoms with van der Waals surface area (Å²) in [6.07, 6.45) is 0. The minimum absolute atomic E-state index is 0.0123. The fourth-order valence-corrected chi connectivity index (χ4v) is 2.17. The topological polar surface area (TPSA) is 81.5 Å². The first kappa shape index (κ1) is 15.8. The Labute approximate surface area is 131 Å². The number of ether oxygens (including phenoxy) is 1. The zero-order chi connectivity index (χ0) is 16.3. The smallest absolute Gasteiger partial charge is 0.270 e. The first-order valence-electron chi connectivity index (χ1n) is 6.32. The SMILES string of the molecule is COc1ccc(C)cc1NC(=O)c1ccc([N+](=O)[O-])cc1Cl. The number of methoxy groups -OCH3 is 1. The Hall–Kier alpha value is -2.60. The van der Waals surface area contributed by atoms with Crippen LogP contribution < -0.4 is 10.1 Å². The predicted molar refractivity (Wildman–Crippen MR) is 83.8 cm³/mol. The summed E-state index contributed by atoms with van der Waals surface area (Å²) in [5, 5.41) is 13.4. The number of nitrogens with zero attached hydrogens (tertiary/aromatic N) is 1. The van der Waals surface area contributed by atoms with E-state index in [1.807, 2.05) is 13.0 Å². The summed E-state index contributed by atoms with van der Waals surface area (Å²) in [5.74, 6) is 0.0424. The van der Waals surface area contributed by atoms with Crippen LogP contribution in [-0.4, -0.2) is 17.9 Å². The van der Waals surface area contributed by atoms with Gasteiger partial charge in [0.2, 0.25) is 0 Å². The van der Waals surface area contributed by atoms with Crippen LogP contribution in [0.5, 0.6) is 5.75 Å². The molecular weight excluding hydrogens is 308 g/mol. The third-order valence-electron chi connectivity index (χ3n) is 3.01. The van der Waals surface area contributed by atoms with Gasteiger partial charge in [-0.25, -0.2) is 0 Å². The molecule has 0 radical (unpaired) electrons. The van der Waals surface area contributed by atoms with Gasteiger partial charge in [0.15, 0.2) is 0 Å². The molecule has 2 aromatic rings. The van der Waals surface area contributed by atoms with Crippen molar-refractivity contribution in [2.45, 2.75) is 6.92 Å². The van der Waals surface area contributed by atoms with Crippen molar-refractivity contribution in [2.24, 2.45) is 0 Å². The Morgan fingerprint density at radius 2 is 2.00 bits per heavy atom. The van der Waals surface area contributed by atoms with Crippen molar-refractivity contribution in [2.75, 3.05) is 12.4 Å². The number of nitro benzene ring substituents is 1. The molecule has 1 N–H and O–H groups in total. The third-order valence-corrected chi connectivity index (χ3v) is 3.32. The second-order valence-electron chi connectivity index (χ2n) is 4.58.